The summed E-state index contributed by atoms with van der Waals surface area (Å²) in [5.74, 6) is 2.03. The predicted molar refractivity (Wildman–Crippen MR) is 64.1 cm³/mol. The van der Waals surface area contributed by atoms with Crippen LogP contribution in [0.5, 0.6) is 0 Å². The Morgan fingerprint density at radius 2 is 2.06 bits per heavy atom. The average molecular weight is 229 g/mol. The molecule has 3 rings (SSSR count). The normalized spacial score (nSPS) is 22.6. The van der Waals surface area contributed by atoms with E-state index >= 15 is 0 Å². The van der Waals surface area contributed by atoms with Crippen LogP contribution in [-0.2, 0) is 6.54 Å². The fourth-order valence-electron chi connectivity index (χ4n) is 1.85. The molecule has 4 heteroatoms. The molecule has 88 valence electrons. The van der Waals surface area contributed by atoms with Crippen molar-refractivity contribution in [1.29, 1.82) is 0 Å². The van der Waals surface area contributed by atoms with E-state index in [2.05, 4.69) is 22.4 Å². The molecule has 4 nitrogen and oxygen atoms in total. The summed E-state index contributed by atoms with van der Waals surface area (Å²) in [6, 6.07) is 10.5. The van der Waals surface area contributed by atoms with E-state index in [0.29, 0.717) is 24.4 Å². The van der Waals surface area contributed by atoms with Gasteiger partial charge in [-0.1, -0.05) is 25.1 Å². The summed E-state index contributed by atoms with van der Waals surface area (Å²) in [6.45, 7) is 2.90. The Labute approximate surface area is 100 Å². The number of nitrogens with zero attached hydrogens (tertiary/aromatic N) is 2. The number of hydrogen-bond acceptors (Lipinski definition) is 4. The molecule has 0 bridgehead atoms. The van der Waals surface area contributed by atoms with Gasteiger partial charge in [0.15, 0.2) is 0 Å². The highest BCUT2D eigenvalue weighted by molar-refractivity contribution is 5.51. The van der Waals surface area contributed by atoms with E-state index in [1.54, 1.807) is 0 Å². The van der Waals surface area contributed by atoms with Crippen LogP contribution in [0.3, 0.4) is 0 Å². The standard InChI is InChI=1S/C13H15N3O/c1-9-7-11(9)14-8-12-15-16-13(17-12)10-5-3-2-4-6-10/h2-6,9,11,14H,7-8H2,1H3. The molecule has 1 N–H and O–H groups in total. The lowest BCUT2D eigenvalue weighted by molar-refractivity contribution is 0.472. The van der Waals surface area contributed by atoms with Crippen molar-refractivity contribution in [3.8, 4) is 11.5 Å². The van der Waals surface area contributed by atoms with Crippen molar-refractivity contribution in [3.05, 3.63) is 36.2 Å². The Morgan fingerprint density at radius 1 is 1.29 bits per heavy atom. The van der Waals surface area contributed by atoms with Crippen LogP contribution in [0.25, 0.3) is 11.5 Å². The summed E-state index contributed by atoms with van der Waals surface area (Å²) in [4.78, 5) is 0. The van der Waals surface area contributed by atoms with Crippen molar-refractivity contribution in [2.75, 3.05) is 0 Å². The summed E-state index contributed by atoms with van der Waals surface area (Å²) in [5.41, 5.74) is 0.964. The minimum absolute atomic E-state index is 0.589. The molecule has 0 spiro atoms. The number of benzene rings is 1. The molecule has 0 saturated heterocycles. The smallest absolute Gasteiger partial charge is 0.247 e. The van der Waals surface area contributed by atoms with Crippen LogP contribution in [0.4, 0.5) is 0 Å². The molecular weight excluding hydrogens is 214 g/mol. The van der Waals surface area contributed by atoms with Crippen LogP contribution in [-0.4, -0.2) is 16.2 Å². The van der Waals surface area contributed by atoms with Gasteiger partial charge in [0.25, 0.3) is 0 Å². The third-order valence-electron chi connectivity index (χ3n) is 3.11. The van der Waals surface area contributed by atoms with Crippen LogP contribution in [0.2, 0.25) is 0 Å². The Morgan fingerprint density at radius 3 is 2.76 bits per heavy atom. The highest BCUT2D eigenvalue weighted by atomic mass is 16.4. The van der Waals surface area contributed by atoms with Gasteiger partial charge >= 0.3 is 0 Å². The van der Waals surface area contributed by atoms with Gasteiger partial charge in [0.1, 0.15) is 0 Å². The predicted octanol–water partition coefficient (Wildman–Crippen LogP) is 2.23. The molecule has 2 atom stereocenters. The van der Waals surface area contributed by atoms with Crippen molar-refractivity contribution >= 4 is 0 Å². The molecule has 0 radical (unpaired) electrons. The third kappa shape index (κ3) is 2.36. The van der Waals surface area contributed by atoms with Crippen molar-refractivity contribution in [2.45, 2.75) is 25.9 Å². The molecule has 1 fully saturated rings. The second-order valence-corrected chi connectivity index (χ2v) is 4.57. The summed E-state index contributed by atoms with van der Waals surface area (Å²) in [6.07, 6.45) is 1.25. The summed E-state index contributed by atoms with van der Waals surface area (Å²) in [5, 5.41) is 11.5. The van der Waals surface area contributed by atoms with E-state index in [-0.39, 0.29) is 0 Å². The maximum Gasteiger partial charge on any atom is 0.247 e. The number of hydrogen-bond donors (Lipinski definition) is 1. The first-order chi connectivity index (χ1) is 8.33. The van der Waals surface area contributed by atoms with Crippen LogP contribution >= 0.6 is 0 Å². The number of aromatic nitrogens is 2. The zero-order valence-corrected chi connectivity index (χ0v) is 9.76. The first kappa shape index (κ1) is 10.5. The molecule has 1 aromatic heterocycles. The van der Waals surface area contributed by atoms with E-state index in [1.807, 2.05) is 30.3 Å². The van der Waals surface area contributed by atoms with Gasteiger partial charge in [-0.3, -0.25) is 0 Å². The van der Waals surface area contributed by atoms with Gasteiger partial charge in [-0.15, -0.1) is 10.2 Å². The van der Waals surface area contributed by atoms with Crippen molar-refractivity contribution in [1.82, 2.24) is 15.5 Å². The molecule has 2 unspecified atom stereocenters. The Balaban J connectivity index is 1.66. The van der Waals surface area contributed by atoms with Crippen LogP contribution in [0, 0.1) is 5.92 Å². The van der Waals surface area contributed by atoms with Crippen LogP contribution < -0.4 is 5.32 Å². The summed E-state index contributed by atoms with van der Waals surface area (Å²) in [7, 11) is 0. The Hall–Kier alpha value is -1.68. The van der Waals surface area contributed by atoms with Crippen molar-refractivity contribution in [2.24, 2.45) is 5.92 Å². The SMILES string of the molecule is CC1CC1NCc1nnc(-c2ccccc2)o1. The first-order valence-corrected chi connectivity index (χ1v) is 5.94. The molecule has 0 amide bonds. The van der Waals surface area contributed by atoms with Gasteiger partial charge in [0.05, 0.1) is 6.54 Å². The maximum atomic E-state index is 5.60. The molecule has 17 heavy (non-hydrogen) atoms. The molecule has 0 aliphatic heterocycles. The van der Waals surface area contributed by atoms with Gasteiger partial charge in [0, 0.05) is 11.6 Å². The highest BCUT2D eigenvalue weighted by Gasteiger charge is 2.32. The van der Waals surface area contributed by atoms with E-state index in [9.17, 15) is 0 Å². The Bertz CT molecular complexity index is 494. The van der Waals surface area contributed by atoms with Gasteiger partial charge in [-0.2, -0.15) is 0 Å². The molecule has 1 saturated carbocycles. The lowest BCUT2D eigenvalue weighted by atomic mass is 10.2. The zero-order valence-electron chi connectivity index (χ0n) is 9.76. The molecule has 1 aliphatic carbocycles. The van der Waals surface area contributed by atoms with Crippen molar-refractivity contribution < 1.29 is 4.42 Å². The monoisotopic (exact) mass is 229 g/mol. The lowest BCUT2D eigenvalue weighted by Crippen LogP contribution is -2.17. The minimum Gasteiger partial charge on any atom is -0.419 e. The van der Waals surface area contributed by atoms with Gasteiger partial charge in [-0.05, 0) is 24.5 Å². The molecule has 1 aliphatic rings. The minimum atomic E-state index is 0.589. The average Bonchev–Trinajstić information content (AvgIpc) is 2.90. The summed E-state index contributed by atoms with van der Waals surface area (Å²) >= 11 is 0. The van der Waals surface area contributed by atoms with Crippen LogP contribution in [0.1, 0.15) is 19.2 Å². The second-order valence-electron chi connectivity index (χ2n) is 4.57. The molecule has 1 aromatic carbocycles. The third-order valence-corrected chi connectivity index (χ3v) is 3.11. The van der Waals surface area contributed by atoms with Crippen molar-refractivity contribution in [3.63, 3.8) is 0 Å². The molecule has 1 heterocycles. The quantitative estimate of drug-likeness (QED) is 0.873. The molecular formula is C13H15N3O. The number of nitrogens with one attached hydrogen (secondary N) is 1. The van der Waals surface area contributed by atoms with Gasteiger partial charge < -0.3 is 9.73 Å². The van der Waals surface area contributed by atoms with E-state index in [1.165, 1.54) is 6.42 Å². The van der Waals surface area contributed by atoms with Gasteiger partial charge in [-0.25, -0.2) is 0 Å². The lowest BCUT2D eigenvalue weighted by Gasteiger charge is -1.97. The van der Waals surface area contributed by atoms with Gasteiger partial charge in [0.2, 0.25) is 11.8 Å². The Kier molecular flexibility index (Phi) is 2.65. The van der Waals surface area contributed by atoms with E-state index < -0.39 is 0 Å². The topological polar surface area (TPSA) is 51.0 Å². The first-order valence-electron chi connectivity index (χ1n) is 5.94. The zero-order chi connectivity index (χ0) is 11.7. The van der Waals surface area contributed by atoms with Crippen LogP contribution in [0.15, 0.2) is 34.7 Å². The fraction of sp³-hybridized carbons (Fsp3) is 0.385. The number of rotatable bonds is 4. The fourth-order valence-corrected chi connectivity index (χ4v) is 1.85. The van der Waals surface area contributed by atoms with E-state index in [0.717, 1.165) is 11.5 Å². The second kappa shape index (κ2) is 4.30. The maximum absolute atomic E-state index is 5.60. The molecule has 2 aromatic rings. The van der Waals surface area contributed by atoms with E-state index in [4.69, 9.17) is 4.42 Å². The highest BCUT2D eigenvalue weighted by Crippen LogP contribution is 2.29. The largest absolute Gasteiger partial charge is 0.419 e. The summed E-state index contributed by atoms with van der Waals surface area (Å²) < 4.78 is 5.60.